The first-order chi connectivity index (χ1) is 12.9. The molecule has 0 saturated carbocycles. The number of hydrogen-bond donors (Lipinski definition) is 3. The van der Waals surface area contributed by atoms with Crippen LogP contribution in [0.3, 0.4) is 0 Å². The van der Waals surface area contributed by atoms with Gasteiger partial charge < -0.3 is 30.2 Å². The van der Waals surface area contributed by atoms with Gasteiger partial charge in [0.25, 0.3) is 0 Å². The minimum Gasteiger partial charge on any atom is -0.444 e. The van der Waals surface area contributed by atoms with E-state index in [-0.39, 0.29) is 6.09 Å². The molecular formula is C19H38N4O4. The summed E-state index contributed by atoms with van der Waals surface area (Å²) in [6, 6.07) is 0. The number of hydrogen-bond acceptors (Lipinski definition) is 5. The second-order valence-electron chi connectivity index (χ2n) is 7.69. The maximum Gasteiger partial charge on any atom is 0.407 e. The van der Waals surface area contributed by atoms with Gasteiger partial charge in [0.2, 0.25) is 0 Å². The van der Waals surface area contributed by atoms with Gasteiger partial charge in [-0.2, -0.15) is 0 Å². The molecule has 1 amide bonds. The summed E-state index contributed by atoms with van der Waals surface area (Å²) >= 11 is 0. The number of aliphatic imine (C=N–C) groups is 1. The van der Waals surface area contributed by atoms with Gasteiger partial charge >= 0.3 is 6.09 Å². The summed E-state index contributed by atoms with van der Waals surface area (Å²) in [4.78, 5) is 15.7. The molecule has 3 N–H and O–H groups in total. The van der Waals surface area contributed by atoms with Crippen LogP contribution >= 0.6 is 0 Å². The van der Waals surface area contributed by atoms with Gasteiger partial charge in [0.05, 0.1) is 0 Å². The normalized spacial score (nSPS) is 16.1. The number of amides is 1. The van der Waals surface area contributed by atoms with E-state index in [9.17, 15) is 4.79 Å². The van der Waals surface area contributed by atoms with Crippen molar-refractivity contribution >= 4 is 12.1 Å². The Morgan fingerprint density at radius 3 is 2.33 bits per heavy atom. The molecule has 0 aromatic carbocycles. The van der Waals surface area contributed by atoms with Gasteiger partial charge in [-0.1, -0.05) is 0 Å². The van der Waals surface area contributed by atoms with Gasteiger partial charge in [-0.3, -0.25) is 4.99 Å². The number of guanidine groups is 1. The van der Waals surface area contributed by atoms with E-state index in [2.05, 4.69) is 20.9 Å². The Balaban J connectivity index is 1.96. The molecule has 1 rings (SSSR count). The Bertz CT molecular complexity index is 432. The maximum atomic E-state index is 11.5. The van der Waals surface area contributed by atoms with Gasteiger partial charge in [-0.25, -0.2) is 4.79 Å². The van der Waals surface area contributed by atoms with Crippen LogP contribution in [-0.2, 0) is 14.2 Å². The molecule has 0 aliphatic carbocycles. The summed E-state index contributed by atoms with van der Waals surface area (Å²) in [7, 11) is 1.75. The number of carbonyl (C=O) groups excluding carboxylic acids is 1. The average Bonchev–Trinajstić information content (AvgIpc) is 2.62. The maximum absolute atomic E-state index is 11.5. The van der Waals surface area contributed by atoms with Crippen LogP contribution in [0.15, 0.2) is 4.99 Å². The van der Waals surface area contributed by atoms with Crippen LogP contribution in [-0.4, -0.2) is 70.8 Å². The summed E-state index contributed by atoms with van der Waals surface area (Å²) < 4.78 is 16.3. The number of rotatable bonds is 10. The second-order valence-corrected chi connectivity index (χ2v) is 7.69. The van der Waals surface area contributed by atoms with E-state index in [1.54, 1.807) is 7.05 Å². The molecule has 1 aliphatic heterocycles. The third-order valence-corrected chi connectivity index (χ3v) is 3.99. The zero-order valence-corrected chi connectivity index (χ0v) is 17.4. The topological polar surface area (TPSA) is 93.2 Å². The molecule has 1 saturated heterocycles. The van der Waals surface area contributed by atoms with Crippen molar-refractivity contribution in [3.8, 4) is 0 Å². The van der Waals surface area contributed by atoms with Crippen LogP contribution in [0.2, 0.25) is 0 Å². The molecule has 0 spiro atoms. The summed E-state index contributed by atoms with van der Waals surface area (Å²) in [6.07, 6.45) is 3.55. The van der Waals surface area contributed by atoms with E-state index in [1.165, 1.54) is 0 Å². The molecule has 27 heavy (non-hydrogen) atoms. The summed E-state index contributed by atoms with van der Waals surface area (Å²) in [5, 5.41) is 9.23. The van der Waals surface area contributed by atoms with Crippen molar-refractivity contribution in [2.75, 3.05) is 53.1 Å². The SMILES string of the molecule is CN=C(NCCCNC(=O)OC(C)(C)C)NCCCOCC1CCOCC1. The van der Waals surface area contributed by atoms with E-state index < -0.39 is 5.60 Å². The van der Waals surface area contributed by atoms with Crippen LogP contribution in [0.5, 0.6) is 0 Å². The predicted octanol–water partition coefficient (Wildman–Crippen LogP) is 1.90. The predicted molar refractivity (Wildman–Crippen MR) is 107 cm³/mol. The Kier molecular flexibility index (Phi) is 11.8. The number of nitrogens with zero attached hydrogens (tertiary/aromatic N) is 1. The third kappa shape index (κ3) is 13.3. The van der Waals surface area contributed by atoms with Crippen molar-refractivity contribution in [3.05, 3.63) is 0 Å². The van der Waals surface area contributed by atoms with E-state index in [0.717, 1.165) is 71.2 Å². The van der Waals surface area contributed by atoms with Gasteiger partial charge in [-0.05, 0) is 52.4 Å². The fraction of sp³-hybridized carbons (Fsp3) is 0.895. The molecule has 0 bridgehead atoms. The lowest BCUT2D eigenvalue weighted by molar-refractivity contribution is 0.0203. The molecule has 8 heteroatoms. The summed E-state index contributed by atoms with van der Waals surface area (Å²) in [5.41, 5.74) is -0.469. The lowest BCUT2D eigenvalue weighted by Gasteiger charge is -2.21. The van der Waals surface area contributed by atoms with Gasteiger partial charge in [-0.15, -0.1) is 0 Å². The fourth-order valence-electron chi connectivity index (χ4n) is 2.56. The number of alkyl carbamates (subject to hydrolysis) is 1. The van der Waals surface area contributed by atoms with Gasteiger partial charge in [0.15, 0.2) is 5.96 Å². The Morgan fingerprint density at radius 1 is 1.07 bits per heavy atom. The molecule has 0 unspecified atom stereocenters. The lowest BCUT2D eigenvalue weighted by atomic mass is 10.0. The van der Waals surface area contributed by atoms with Crippen LogP contribution in [0.25, 0.3) is 0 Å². The molecule has 0 atom stereocenters. The van der Waals surface area contributed by atoms with Crippen LogP contribution < -0.4 is 16.0 Å². The Hall–Kier alpha value is -1.54. The van der Waals surface area contributed by atoms with E-state index in [1.807, 2.05) is 20.8 Å². The van der Waals surface area contributed by atoms with Crippen molar-refractivity contribution < 1.29 is 19.0 Å². The third-order valence-electron chi connectivity index (χ3n) is 3.99. The molecule has 1 heterocycles. The first kappa shape index (κ1) is 23.5. The molecule has 0 radical (unpaired) electrons. The highest BCUT2D eigenvalue weighted by molar-refractivity contribution is 5.79. The van der Waals surface area contributed by atoms with Crippen molar-refractivity contribution in [3.63, 3.8) is 0 Å². The Labute approximate surface area is 163 Å². The van der Waals surface area contributed by atoms with Crippen molar-refractivity contribution in [1.82, 2.24) is 16.0 Å². The monoisotopic (exact) mass is 386 g/mol. The molecule has 158 valence electrons. The largest absolute Gasteiger partial charge is 0.444 e. The van der Waals surface area contributed by atoms with E-state index >= 15 is 0 Å². The van der Waals surface area contributed by atoms with Crippen molar-refractivity contribution in [1.29, 1.82) is 0 Å². The molecule has 8 nitrogen and oxygen atoms in total. The highest BCUT2D eigenvalue weighted by Gasteiger charge is 2.15. The van der Waals surface area contributed by atoms with Crippen molar-refractivity contribution in [2.45, 2.75) is 52.1 Å². The van der Waals surface area contributed by atoms with E-state index in [4.69, 9.17) is 14.2 Å². The summed E-state index contributed by atoms with van der Waals surface area (Å²) in [5.74, 6) is 1.41. The van der Waals surface area contributed by atoms with Crippen molar-refractivity contribution in [2.24, 2.45) is 10.9 Å². The van der Waals surface area contributed by atoms with Crippen LogP contribution in [0.1, 0.15) is 46.5 Å². The minimum atomic E-state index is -0.469. The van der Waals surface area contributed by atoms with Gasteiger partial charge in [0.1, 0.15) is 5.60 Å². The highest BCUT2D eigenvalue weighted by atomic mass is 16.6. The highest BCUT2D eigenvalue weighted by Crippen LogP contribution is 2.14. The van der Waals surface area contributed by atoms with Gasteiger partial charge in [0, 0.05) is 53.1 Å². The smallest absolute Gasteiger partial charge is 0.407 e. The number of ether oxygens (including phenoxy) is 3. The second kappa shape index (κ2) is 13.6. The van der Waals surface area contributed by atoms with Crippen LogP contribution in [0.4, 0.5) is 4.79 Å². The minimum absolute atomic E-state index is 0.384. The molecular weight excluding hydrogens is 348 g/mol. The standard InChI is InChI=1S/C19H38N4O4/c1-19(2,3)27-18(24)23-10-5-9-21-17(20-4)22-11-6-12-26-15-16-7-13-25-14-8-16/h16H,5-15H2,1-4H3,(H,23,24)(H2,20,21,22). The van der Waals surface area contributed by atoms with E-state index in [0.29, 0.717) is 12.5 Å². The quantitative estimate of drug-likeness (QED) is 0.302. The lowest BCUT2D eigenvalue weighted by Crippen LogP contribution is -2.39. The first-order valence-corrected chi connectivity index (χ1v) is 9.97. The molecule has 1 aliphatic rings. The fourth-order valence-corrected chi connectivity index (χ4v) is 2.56. The molecule has 0 aromatic heterocycles. The zero-order valence-electron chi connectivity index (χ0n) is 17.4. The summed E-state index contributed by atoms with van der Waals surface area (Å²) in [6.45, 7) is 10.9. The number of nitrogens with one attached hydrogen (secondary N) is 3. The zero-order chi connectivity index (χ0) is 20.0. The Morgan fingerprint density at radius 2 is 1.70 bits per heavy atom. The molecule has 1 fully saturated rings. The number of carbonyl (C=O) groups is 1. The first-order valence-electron chi connectivity index (χ1n) is 9.97. The van der Waals surface area contributed by atoms with Crippen LogP contribution in [0, 0.1) is 5.92 Å². The average molecular weight is 387 g/mol. The molecule has 0 aromatic rings.